The molecule has 1 saturated heterocycles. The van der Waals surface area contributed by atoms with Crippen LogP contribution in [0.3, 0.4) is 0 Å². The van der Waals surface area contributed by atoms with Crippen LogP contribution < -0.4 is 11.5 Å². The third-order valence-electron chi connectivity index (χ3n) is 5.12. The van der Waals surface area contributed by atoms with Crippen molar-refractivity contribution < 1.29 is 21.6 Å². The van der Waals surface area contributed by atoms with Gasteiger partial charge in [-0.3, -0.25) is 0 Å². The molecule has 0 saturated carbocycles. The van der Waals surface area contributed by atoms with E-state index in [1.807, 2.05) is 0 Å². The molecule has 0 radical (unpaired) electrons. The van der Waals surface area contributed by atoms with Crippen LogP contribution in [0.1, 0.15) is 18.4 Å². The van der Waals surface area contributed by atoms with Gasteiger partial charge >= 0.3 is 6.18 Å². The second kappa shape index (κ2) is 7.94. The molecule has 4 rings (SSSR count). The van der Waals surface area contributed by atoms with Crippen molar-refractivity contribution in [1.29, 1.82) is 0 Å². The summed E-state index contributed by atoms with van der Waals surface area (Å²) in [6.45, 7) is 0.844. The second-order valence-corrected chi connectivity index (χ2v) is 9.57. The molecule has 32 heavy (non-hydrogen) atoms. The molecule has 2 heterocycles. The minimum atomic E-state index is -4.77. The van der Waals surface area contributed by atoms with E-state index in [0.29, 0.717) is 13.1 Å². The number of hydrogen-bond acceptors (Lipinski definition) is 6. The molecular weight excluding hydrogens is 469 g/mol. The van der Waals surface area contributed by atoms with Crippen molar-refractivity contribution >= 4 is 33.5 Å². The summed E-state index contributed by atoms with van der Waals surface area (Å²) in [5.74, 6) is -0.401. The normalized spacial score (nSPS) is 15.4. The van der Waals surface area contributed by atoms with Crippen molar-refractivity contribution in [3.63, 3.8) is 0 Å². The van der Waals surface area contributed by atoms with E-state index in [-0.39, 0.29) is 38.6 Å². The lowest BCUT2D eigenvalue weighted by Crippen LogP contribution is -2.27. The molecule has 170 valence electrons. The zero-order chi connectivity index (χ0) is 23.3. The molecule has 0 spiro atoms. The van der Waals surface area contributed by atoms with Gasteiger partial charge in [-0.25, -0.2) is 8.42 Å². The Balaban J connectivity index is 1.80. The molecule has 1 aliphatic rings. The fourth-order valence-corrected chi connectivity index (χ4v) is 5.47. The Hall–Kier alpha value is -2.83. The van der Waals surface area contributed by atoms with Gasteiger partial charge in [0.05, 0.1) is 21.2 Å². The average molecular weight is 487 g/mol. The number of anilines is 2. The molecule has 3 aromatic rings. The van der Waals surface area contributed by atoms with Crippen LogP contribution in [0.4, 0.5) is 25.1 Å². The van der Waals surface area contributed by atoms with Crippen molar-refractivity contribution in [1.82, 2.24) is 19.1 Å². The van der Waals surface area contributed by atoms with Crippen LogP contribution in [-0.2, 0) is 16.2 Å². The molecule has 1 fully saturated rings. The fraction of sp³-hybridized carbons (Fsp3) is 0.263. The smallest absolute Gasteiger partial charge is 0.368 e. The van der Waals surface area contributed by atoms with Crippen LogP contribution >= 0.6 is 11.6 Å². The van der Waals surface area contributed by atoms with Gasteiger partial charge in [0.15, 0.2) is 0 Å². The van der Waals surface area contributed by atoms with Crippen LogP contribution in [-0.4, -0.2) is 40.6 Å². The molecule has 0 amide bonds. The summed E-state index contributed by atoms with van der Waals surface area (Å²) >= 11 is 6.26. The zero-order valence-corrected chi connectivity index (χ0v) is 18.0. The number of rotatable bonds is 4. The van der Waals surface area contributed by atoms with Gasteiger partial charge in [0, 0.05) is 18.7 Å². The summed E-state index contributed by atoms with van der Waals surface area (Å²) in [7, 11) is -3.70. The molecule has 0 unspecified atom stereocenters. The third kappa shape index (κ3) is 4.00. The van der Waals surface area contributed by atoms with Gasteiger partial charge in [-0.05, 0) is 42.7 Å². The first-order chi connectivity index (χ1) is 15.0. The highest BCUT2D eigenvalue weighted by Crippen LogP contribution is 2.43. The largest absolute Gasteiger partial charge is 0.417 e. The van der Waals surface area contributed by atoms with Crippen LogP contribution in [0.15, 0.2) is 41.3 Å². The second-order valence-electron chi connectivity index (χ2n) is 7.22. The first kappa shape index (κ1) is 22.4. The first-order valence-electron chi connectivity index (χ1n) is 9.48. The summed E-state index contributed by atoms with van der Waals surface area (Å²) in [6, 6.07) is 7.26. The maximum atomic E-state index is 13.9. The molecular formula is C19H18ClF3N6O2S. The van der Waals surface area contributed by atoms with E-state index in [1.54, 1.807) is 0 Å². The van der Waals surface area contributed by atoms with E-state index in [1.165, 1.54) is 34.6 Å². The minimum Gasteiger partial charge on any atom is -0.368 e. The summed E-state index contributed by atoms with van der Waals surface area (Å²) in [6.07, 6.45) is -3.22. The SMILES string of the molecule is Nc1nc(N)n(-c2cc(Cl)c(-c3ccc(S(=O)(=O)N4CCCC4)cc3)c(C(F)(F)F)c2)n1. The number of alkyl halides is 3. The van der Waals surface area contributed by atoms with E-state index in [9.17, 15) is 21.6 Å². The lowest BCUT2D eigenvalue weighted by atomic mass is 9.98. The Morgan fingerprint density at radius 2 is 1.66 bits per heavy atom. The standard InChI is InChI=1S/C19H18ClF3N6O2S/c20-15-10-12(29-18(25)26-17(24)27-29)9-14(19(21,22)23)16(15)11-3-5-13(6-4-11)32(30,31)28-7-1-2-8-28/h3-6,9-10H,1-2,7-8H2,(H4,24,25,26,27). The lowest BCUT2D eigenvalue weighted by Gasteiger charge is -2.18. The first-order valence-corrected chi connectivity index (χ1v) is 11.3. The summed E-state index contributed by atoms with van der Waals surface area (Å²) < 4.78 is 69.5. The number of halogens is 4. The topological polar surface area (TPSA) is 120 Å². The third-order valence-corrected chi connectivity index (χ3v) is 7.33. The monoisotopic (exact) mass is 486 g/mol. The van der Waals surface area contributed by atoms with E-state index in [4.69, 9.17) is 23.1 Å². The van der Waals surface area contributed by atoms with Crippen LogP contribution in [0.25, 0.3) is 16.8 Å². The Labute approximate surface area is 186 Å². The van der Waals surface area contributed by atoms with Crippen molar-refractivity contribution in [3.8, 4) is 16.8 Å². The number of nitrogens with two attached hydrogens (primary N) is 2. The van der Waals surface area contributed by atoms with Gasteiger partial charge < -0.3 is 11.5 Å². The van der Waals surface area contributed by atoms with Crippen LogP contribution in [0, 0.1) is 0 Å². The van der Waals surface area contributed by atoms with Gasteiger partial charge in [0.2, 0.25) is 21.9 Å². The van der Waals surface area contributed by atoms with Gasteiger partial charge in [-0.15, -0.1) is 5.10 Å². The number of hydrogen-bond donors (Lipinski definition) is 2. The number of aromatic nitrogens is 3. The van der Waals surface area contributed by atoms with Crippen molar-refractivity contribution in [2.45, 2.75) is 23.9 Å². The van der Waals surface area contributed by atoms with E-state index >= 15 is 0 Å². The number of benzene rings is 2. The van der Waals surface area contributed by atoms with Gasteiger partial charge in [0.1, 0.15) is 0 Å². The van der Waals surface area contributed by atoms with E-state index < -0.39 is 21.8 Å². The Bertz CT molecular complexity index is 1270. The molecule has 0 aliphatic carbocycles. The Morgan fingerprint density at radius 3 is 2.19 bits per heavy atom. The predicted molar refractivity (Wildman–Crippen MR) is 114 cm³/mol. The molecule has 1 aromatic heterocycles. The van der Waals surface area contributed by atoms with E-state index in [0.717, 1.165) is 23.6 Å². The van der Waals surface area contributed by atoms with Crippen molar-refractivity contribution in [3.05, 3.63) is 47.0 Å². The minimum absolute atomic E-state index is 0.00955. The molecule has 0 bridgehead atoms. The molecule has 0 atom stereocenters. The molecule has 4 N–H and O–H groups in total. The lowest BCUT2D eigenvalue weighted by molar-refractivity contribution is -0.137. The van der Waals surface area contributed by atoms with Crippen molar-refractivity contribution in [2.75, 3.05) is 24.6 Å². The van der Waals surface area contributed by atoms with Crippen molar-refractivity contribution in [2.24, 2.45) is 0 Å². The maximum absolute atomic E-state index is 13.9. The molecule has 8 nitrogen and oxygen atoms in total. The fourth-order valence-electron chi connectivity index (χ4n) is 3.63. The Morgan fingerprint density at radius 1 is 1.03 bits per heavy atom. The van der Waals surface area contributed by atoms with Gasteiger partial charge in [-0.2, -0.15) is 27.1 Å². The zero-order valence-electron chi connectivity index (χ0n) is 16.5. The highest BCUT2D eigenvalue weighted by Gasteiger charge is 2.36. The molecule has 2 aromatic carbocycles. The number of nitrogens with zero attached hydrogens (tertiary/aromatic N) is 4. The highest BCUT2D eigenvalue weighted by molar-refractivity contribution is 7.89. The molecule has 1 aliphatic heterocycles. The van der Waals surface area contributed by atoms with Gasteiger partial charge in [-0.1, -0.05) is 23.7 Å². The Kier molecular flexibility index (Phi) is 5.55. The van der Waals surface area contributed by atoms with Crippen LogP contribution in [0.2, 0.25) is 5.02 Å². The van der Waals surface area contributed by atoms with E-state index in [2.05, 4.69) is 10.1 Å². The molecule has 13 heteroatoms. The summed E-state index contributed by atoms with van der Waals surface area (Å²) in [5, 5.41) is 3.56. The predicted octanol–water partition coefficient (Wildman–Crippen LogP) is 3.56. The highest BCUT2D eigenvalue weighted by atomic mass is 35.5. The number of sulfonamides is 1. The average Bonchev–Trinajstić information content (AvgIpc) is 3.37. The van der Waals surface area contributed by atoms with Gasteiger partial charge in [0.25, 0.3) is 0 Å². The number of nitrogen functional groups attached to an aromatic ring is 2. The summed E-state index contributed by atoms with van der Waals surface area (Å²) in [5.41, 5.74) is 9.84. The maximum Gasteiger partial charge on any atom is 0.417 e. The summed E-state index contributed by atoms with van der Waals surface area (Å²) in [4.78, 5) is 3.69. The quantitative estimate of drug-likeness (QED) is 0.581. The van der Waals surface area contributed by atoms with Crippen LogP contribution in [0.5, 0.6) is 0 Å².